The van der Waals surface area contributed by atoms with Gasteiger partial charge in [-0.2, -0.15) is 4.98 Å². The Hall–Kier alpha value is -2.07. The Balaban J connectivity index is 1.53. The van der Waals surface area contributed by atoms with Gasteiger partial charge in [-0.3, -0.25) is 0 Å². The standard InChI is InChI=1S/C18H24F2N4O3S/c1-11(2)28(25,26)21-10-12-6-8-13(9-7-12)22-18-23-17(24-27-18)16-14(19)4-3-5-15(16)20/h3-5,11-13,21H,6-10H2,1-2H3,(H,22,23,24). The van der Waals surface area contributed by atoms with Gasteiger partial charge in [-0.05, 0) is 57.6 Å². The number of benzene rings is 1. The summed E-state index contributed by atoms with van der Waals surface area (Å²) in [6, 6.07) is 3.74. The van der Waals surface area contributed by atoms with Gasteiger partial charge in [-0.25, -0.2) is 21.9 Å². The minimum Gasteiger partial charge on any atom is -0.335 e. The van der Waals surface area contributed by atoms with E-state index in [1.807, 2.05) is 0 Å². The molecule has 10 heteroatoms. The molecule has 0 unspecified atom stereocenters. The number of hydrogen-bond acceptors (Lipinski definition) is 6. The lowest BCUT2D eigenvalue weighted by Crippen LogP contribution is -2.37. The molecule has 0 bridgehead atoms. The summed E-state index contributed by atoms with van der Waals surface area (Å²) in [6.07, 6.45) is 3.31. The molecule has 0 amide bonds. The molecule has 2 N–H and O–H groups in total. The molecule has 28 heavy (non-hydrogen) atoms. The summed E-state index contributed by atoms with van der Waals surface area (Å²) in [5, 5.41) is 6.31. The van der Waals surface area contributed by atoms with Crippen molar-refractivity contribution in [2.45, 2.75) is 50.8 Å². The second kappa shape index (κ2) is 8.52. The maximum Gasteiger partial charge on any atom is 0.322 e. The fourth-order valence-corrected chi connectivity index (χ4v) is 3.98. The van der Waals surface area contributed by atoms with E-state index < -0.39 is 26.9 Å². The minimum absolute atomic E-state index is 0.0803. The molecule has 0 radical (unpaired) electrons. The second-order valence-corrected chi connectivity index (χ2v) is 9.65. The van der Waals surface area contributed by atoms with Crippen LogP contribution in [0.5, 0.6) is 0 Å². The van der Waals surface area contributed by atoms with Crippen molar-refractivity contribution in [3.8, 4) is 11.4 Å². The fourth-order valence-electron chi connectivity index (χ4n) is 3.18. The Kier molecular flexibility index (Phi) is 6.29. The number of hydrogen-bond donors (Lipinski definition) is 2. The first-order chi connectivity index (χ1) is 13.3. The molecule has 2 aromatic rings. The minimum atomic E-state index is -3.25. The summed E-state index contributed by atoms with van der Waals surface area (Å²) in [6.45, 7) is 3.73. The van der Waals surface area contributed by atoms with E-state index in [0.29, 0.717) is 6.54 Å². The number of halogens is 2. The molecule has 1 aliphatic carbocycles. The van der Waals surface area contributed by atoms with E-state index in [1.165, 1.54) is 6.07 Å². The molecule has 7 nitrogen and oxygen atoms in total. The van der Waals surface area contributed by atoms with Crippen LogP contribution in [0.1, 0.15) is 39.5 Å². The van der Waals surface area contributed by atoms with E-state index in [2.05, 4.69) is 20.2 Å². The van der Waals surface area contributed by atoms with E-state index >= 15 is 0 Å². The van der Waals surface area contributed by atoms with Gasteiger partial charge in [0.15, 0.2) is 0 Å². The van der Waals surface area contributed by atoms with Gasteiger partial charge in [0.2, 0.25) is 15.8 Å². The average Bonchev–Trinajstić information content (AvgIpc) is 3.09. The summed E-state index contributed by atoms with van der Waals surface area (Å²) in [4.78, 5) is 4.04. The van der Waals surface area contributed by atoms with Crippen LogP contribution in [-0.4, -0.2) is 36.4 Å². The Morgan fingerprint density at radius 2 is 1.82 bits per heavy atom. The first kappa shape index (κ1) is 20.7. The van der Waals surface area contributed by atoms with E-state index in [1.54, 1.807) is 13.8 Å². The van der Waals surface area contributed by atoms with Gasteiger partial charge in [0.05, 0.1) is 10.8 Å². The SMILES string of the molecule is CC(C)S(=O)(=O)NCC1CCC(Nc2nc(-c3c(F)cccc3F)no2)CC1. The number of sulfonamides is 1. The van der Waals surface area contributed by atoms with Gasteiger partial charge < -0.3 is 9.84 Å². The van der Waals surface area contributed by atoms with Crippen LogP contribution in [0.4, 0.5) is 14.8 Å². The van der Waals surface area contributed by atoms with Crippen LogP contribution in [0.15, 0.2) is 22.7 Å². The Morgan fingerprint density at radius 1 is 1.18 bits per heavy atom. The smallest absolute Gasteiger partial charge is 0.322 e. The van der Waals surface area contributed by atoms with Crippen molar-refractivity contribution in [2.75, 3.05) is 11.9 Å². The zero-order valence-electron chi connectivity index (χ0n) is 15.8. The predicted octanol–water partition coefficient (Wildman–Crippen LogP) is 3.31. The molecule has 1 heterocycles. The normalized spacial score (nSPS) is 20.5. The number of anilines is 1. The first-order valence-corrected chi connectivity index (χ1v) is 10.8. The van der Waals surface area contributed by atoms with Gasteiger partial charge >= 0.3 is 6.01 Å². The van der Waals surface area contributed by atoms with Crippen molar-refractivity contribution in [3.05, 3.63) is 29.8 Å². The Labute approximate surface area is 163 Å². The van der Waals surface area contributed by atoms with E-state index in [0.717, 1.165) is 37.8 Å². The molecule has 154 valence electrons. The van der Waals surface area contributed by atoms with Crippen LogP contribution in [0.25, 0.3) is 11.4 Å². The summed E-state index contributed by atoms with van der Waals surface area (Å²) in [5.74, 6) is -1.37. The molecule has 0 saturated heterocycles. The quantitative estimate of drug-likeness (QED) is 0.721. The van der Waals surface area contributed by atoms with Crippen LogP contribution in [-0.2, 0) is 10.0 Å². The van der Waals surface area contributed by atoms with Crippen molar-refractivity contribution in [1.29, 1.82) is 0 Å². The van der Waals surface area contributed by atoms with Crippen molar-refractivity contribution in [1.82, 2.24) is 14.9 Å². The van der Waals surface area contributed by atoms with Crippen molar-refractivity contribution in [2.24, 2.45) is 5.92 Å². The molecule has 0 aliphatic heterocycles. The highest BCUT2D eigenvalue weighted by Crippen LogP contribution is 2.28. The fraction of sp³-hybridized carbons (Fsp3) is 0.556. The monoisotopic (exact) mass is 414 g/mol. The molecule has 1 aromatic heterocycles. The molecular formula is C18H24F2N4O3S. The predicted molar refractivity (Wildman–Crippen MR) is 101 cm³/mol. The first-order valence-electron chi connectivity index (χ1n) is 9.29. The molecule has 0 spiro atoms. The zero-order chi connectivity index (χ0) is 20.3. The number of aromatic nitrogens is 2. The van der Waals surface area contributed by atoms with Crippen LogP contribution in [0, 0.1) is 17.6 Å². The lowest BCUT2D eigenvalue weighted by atomic mass is 9.86. The molecule has 1 saturated carbocycles. The zero-order valence-corrected chi connectivity index (χ0v) is 16.6. The Morgan fingerprint density at radius 3 is 2.43 bits per heavy atom. The maximum absolute atomic E-state index is 13.8. The van der Waals surface area contributed by atoms with Crippen LogP contribution < -0.4 is 10.0 Å². The van der Waals surface area contributed by atoms with Gasteiger partial charge in [0.25, 0.3) is 0 Å². The summed E-state index contributed by atoms with van der Waals surface area (Å²) < 4.78 is 59.1. The van der Waals surface area contributed by atoms with E-state index in [9.17, 15) is 17.2 Å². The van der Waals surface area contributed by atoms with E-state index in [-0.39, 0.29) is 29.4 Å². The third-order valence-electron chi connectivity index (χ3n) is 4.98. The number of rotatable bonds is 7. The van der Waals surface area contributed by atoms with Crippen LogP contribution >= 0.6 is 0 Å². The molecule has 3 rings (SSSR count). The highest BCUT2D eigenvalue weighted by atomic mass is 32.2. The molecule has 0 atom stereocenters. The highest BCUT2D eigenvalue weighted by molar-refractivity contribution is 7.90. The highest BCUT2D eigenvalue weighted by Gasteiger charge is 2.25. The van der Waals surface area contributed by atoms with Gasteiger partial charge in [-0.1, -0.05) is 11.2 Å². The largest absolute Gasteiger partial charge is 0.335 e. The summed E-state index contributed by atoms with van der Waals surface area (Å²) in [5.41, 5.74) is -0.319. The van der Waals surface area contributed by atoms with Gasteiger partial charge in [-0.15, -0.1) is 0 Å². The molecular weight excluding hydrogens is 390 g/mol. The van der Waals surface area contributed by atoms with Crippen molar-refractivity contribution in [3.63, 3.8) is 0 Å². The van der Waals surface area contributed by atoms with Crippen LogP contribution in [0.3, 0.4) is 0 Å². The average molecular weight is 414 g/mol. The molecule has 1 aliphatic rings. The molecule has 1 fully saturated rings. The topological polar surface area (TPSA) is 97.1 Å². The van der Waals surface area contributed by atoms with E-state index in [4.69, 9.17) is 4.52 Å². The number of nitrogens with one attached hydrogen (secondary N) is 2. The van der Waals surface area contributed by atoms with Crippen molar-refractivity contribution < 1.29 is 21.7 Å². The van der Waals surface area contributed by atoms with Crippen molar-refractivity contribution >= 4 is 16.0 Å². The van der Waals surface area contributed by atoms with Crippen LogP contribution in [0.2, 0.25) is 0 Å². The lowest BCUT2D eigenvalue weighted by Gasteiger charge is -2.28. The van der Waals surface area contributed by atoms with Gasteiger partial charge in [0, 0.05) is 12.6 Å². The summed E-state index contributed by atoms with van der Waals surface area (Å²) >= 11 is 0. The third kappa shape index (κ3) is 4.85. The Bertz CT molecular complexity index is 889. The maximum atomic E-state index is 13.8. The number of nitrogens with zero attached hydrogens (tertiary/aromatic N) is 2. The lowest BCUT2D eigenvalue weighted by molar-refractivity contribution is 0.330. The third-order valence-corrected chi connectivity index (χ3v) is 6.79. The molecule has 1 aromatic carbocycles. The summed E-state index contributed by atoms with van der Waals surface area (Å²) in [7, 11) is -3.25. The second-order valence-electron chi connectivity index (χ2n) is 7.32. The van der Waals surface area contributed by atoms with Gasteiger partial charge in [0.1, 0.15) is 11.6 Å².